The van der Waals surface area contributed by atoms with Crippen LogP contribution in [0.25, 0.3) is 10.9 Å². The van der Waals surface area contributed by atoms with Gasteiger partial charge >= 0.3 is 0 Å². The van der Waals surface area contributed by atoms with Gasteiger partial charge in [0.25, 0.3) is 0 Å². The number of hydrogen-bond acceptors (Lipinski definition) is 5. The fourth-order valence-electron chi connectivity index (χ4n) is 4.33. The van der Waals surface area contributed by atoms with Crippen molar-refractivity contribution in [1.82, 2.24) is 14.9 Å². The average Bonchev–Trinajstić information content (AvgIpc) is 2.98. The Kier molecular flexibility index (Phi) is 4.54. The summed E-state index contributed by atoms with van der Waals surface area (Å²) in [4.78, 5) is 24.6. The molecule has 2 aliphatic rings. The minimum atomic E-state index is -0.109. The molecule has 2 aromatic rings. The van der Waals surface area contributed by atoms with Crippen LogP contribution in [0.3, 0.4) is 0 Å². The van der Waals surface area contributed by atoms with Crippen LogP contribution >= 0.6 is 0 Å². The van der Waals surface area contributed by atoms with Crippen LogP contribution in [0, 0.1) is 0 Å². The van der Waals surface area contributed by atoms with Crippen molar-refractivity contribution in [2.75, 3.05) is 27.3 Å². The molecule has 2 aliphatic heterocycles. The van der Waals surface area contributed by atoms with Crippen molar-refractivity contribution in [2.45, 2.75) is 37.8 Å². The highest BCUT2D eigenvalue weighted by Gasteiger charge is 2.47. The predicted molar refractivity (Wildman–Crippen MR) is 98.6 cm³/mol. The van der Waals surface area contributed by atoms with E-state index in [0.29, 0.717) is 6.42 Å². The van der Waals surface area contributed by atoms with Crippen molar-refractivity contribution in [3.63, 3.8) is 0 Å². The summed E-state index contributed by atoms with van der Waals surface area (Å²) in [6.45, 7) is 2.70. The second-order valence-electron chi connectivity index (χ2n) is 7.21. The van der Waals surface area contributed by atoms with E-state index in [1.54, 1.807) is 19.3 Å². The molecule has 138 valence electrons. The minimum absolute atomic E-state index is 0.109. The van der Waals surface area contributed by atoms with Crippen LogP contribution in [0.5, 0.6) is 5.75 Å². The third-order valence-corrected chi connectivity index (χ3v) is 5.78. The summed E-state index contributed by atoms with van der Waals surface area (Å²) < 4.78 is 5.44. The second-order valence-corrected chi connectivity index (χ2v) is 7.21. The summed E-state index contributed by atoms with van der Waals surface area (Å²) in [5.41, 5.74) is 1.85. The average molecular weight is 355 g/mol. The van der Waals surface area contributed by atoms with Gasteiger partial charge in [0.2, 0.25) is 5.91 Å². The Morgan fingerprint density at radius 3 is 2.65 bits per heavy atom. The molecule has 1 aromatic heterocycles. The van der Waals surface area contributed by atoms with Crippen LogP contribution in [-0.2, 0) is 16.2 Å². The van der Waals surface area contributed by atoms with Gasteiger partial charge in [-0.15, -0.1) is 0 Å². The molecule has 1 amide bonds. The minimum Gasteiger partial charge on any atom is -0.494 e. The van der Waals surface area contributed by atoms with E-state index in [1.165, 1.54) is 0 Å². The molecule has 0 unspecified atom stereocenters. The summed E-state index contributed by atoms with van der Waals surface area (Å²) in [5.74, 6) is 0.923. The van der Waals surface area contributed by atoms with Gasteiger partial charge in [0, 0.05) is 31.4 Å². The highest BCUT2D eigenvalue weighted by molar-refractivity contribution is 5.84. The lowest BCUT2D eigenvalue weighted by molar-refractivity contribution is -0.202. The molecule has 3 heterocycles. The van der Waals surface area contributed by atoms with E-state index in [9.17, 15) is 4.79 Å². The number of nitrogens with zero attached hydrogens (tertiary/aromatic N) is 3. The number of hydrogen-bond donors (Lipinski definition) is 0. The quantitative estimate of drug-likeness (QED) is 0.844. The molecule has 0 atom stereocenters. The standard InChI is InChI=1S/C20H25N3O3/c1-25-17-5-3-4-15-6-7-16(21-19(15)17)14-22-12-10-20(11-13-22)9-8-18(24)23(20)26-2/h3-7H,8-14H2,1-2H3. The van der Waals surface area contributed by atoms with Crippen molar-refractivity contribution in [1.29, 1.82) is 0 Å². The maximum Gasteiger partial charge on any atom is 0.246 e. The second kappa shape index (κ2) is 6.85. The normalized spacial score (nSPS) is 20.2. The van der Waals surface area contributed by atoms with Crippen LogP contribution in [0.15, 0.2) is 30.3 Å². The highest BCUT2D eigenvalue weighted by atomic mass is 16.7. The molecule has 2 saturated heterocycles. The van der Waals surface area contributed by atoms with Gasteiger partial charge < -0.3 is 4.74 Å². The molecule has 2 fully saturated rings. The summed E-state index contributed by atoms with van der Waals surface area (Å²) in [7, 11) is 3.28. The van der Waals surface area contributed by atoms with Gasteiger partial charge in [-0.1, -0.05) is 18.2 Å². The number of likely N-dealkylation sites (tertiary alicyclic amines) is 1. The lowest BCUT2D eigenvalue weighted by Gasteiger charge is -2.43. The maximum absolute atomic E-state index is 12.0. The number of methoxy groups -OCH3 is 1. The zero-order chi connectivity index (χ0) is 18.1. The highest BCUT2D eigenvalue weighted by Crippen LogP contribution is 2.39. The number of fused-ring (bicyclic) bond motifs is 1. The first-order chi connectivity index (χ1) is 12.6. The zero-order valence-electron chi connectivity index (χ0n) is 15.4. The first-order valence-electron chi connectivity index (χ1n) is 9.17. The summed E-state index contributed by atoms with van der Waals surface area (Å²) in [5, 5.41) is 2.72. The van der Waals surface area contributed by atoms with Crippen LogP contribution in [0.4, 0.5) is 0 Å². The number of pyridine rings is 1. The van der Waals surface area contributed by atoms with Crippen molar-refractivity contribution < 1.29 is 14.4 Å². The maximum atomic E-state index is 12.0. The Morgan fingerprint density at radius 2 is 1.92 bits per heavy atom. The number of benzene rings is 1. The first kappa shape index (κ1) is 17.2. The number of carbonyl (C=O) groups excluding carboxylic acids is 1. The number of para-hydroxylation sites is 1. The number of carbonyl (C=O) groups is 1. The van der Waals surface area contributed by atoms with Gasteiger partial charge in [-0.2, -0.15) is 0 Å². The van der Waals surface area contributed by atoms with Gasteiger partial charge in [-0.05, 0) is 31.4 Å². The van der Waals surface area contributed by atoms with E-state index in [-0.39, 0.29) is 11.4 Å². The Bertz CT molecular complexity index is 815. The fraction of sp³-hybridized carbons (Fsp3) is 0.500. The Labute approximate surface area is 153 Å². The predicted octanol–water partition coefficient (Wildman–Crippen LogP) is 2.76. The lowest BCUT2D eigenvalue weighted by atomic mass is 9.86. The molecule has 0 N–H and O–H groups in total. The molecular formula is C20H25N3O3. The van der Waals surface area contributed by atoms with Gasteiger partial charge in [-0.3, -0.25) is 14.5 Å². The molecule has 26 heavy (non-hydrogen) atoms. The van der Waals surface area contributed by atoms with E-state index < -0.39 is 0 Å². The fourth-order valence-corrected chi connectivity index (χ4v) is 4.33. The smallest absolute Gasteiger partial charge is 0.246 e. The summed E-state index contributed by atoms with van der Waals surface area (Å²) in [6, 6.07) is 10.2. The largest absolute Gasteiger partial charge is 0.494 e. The monoisotopic (exact) mass is 355 g/mol. The number of ether oxygens (including phenoxy) is 1. The number of aromatic nitrogens is 1. The van der Waals surface area contributed by atoms with E-state index in [4.69, 9.17) is 14.6 Å². The van der Waals surface area contributed by atoms with Crippen LogP contribution in [0.2, 0.25) is 0 Å². The zero-order valence-corrected chi connectivity index (χ0v) is 15.4. The number of rotatable bonds is 4. The van der Waals surface area contributed by atoms with Gasteiger partial charge in [0.05, 0.1) is 25.5 Å². The number of amides is 1. The molecule has 0 bridgehead atoms. The lowest BCUT2D eigenvalue weighted by Crippen LogP contribution is -2.52. The Balaban J connectivity index is 1.46. The molecule has 6 heteroatoms. The van der Waals surface area contributed by atoms with Crippen LogP contribution in [-0.4, -0.2) is 53.7 Å². The van der Waals surface area contributed by atoms with E-state index in [2.05, 4.69) is 23.1 Å². The van der Waals surface area contributed by atoms with Gasteiger partial charge in [0.1, 0.15) is 11.3 Å². The van der Waals surface area contributed by atoms with Gasteiger partial charge in [-0.25, -0.2) is 10.0 Å². The van der Waals surface area contributed by atoms with Crippen LogP contribution in [0.1, 0.15) is 31.4 Å². The van der Waals surface area contributed by atoms with Crippen molar-refractivity contribution in [2.24, 2.45) is 0 Å². The van der Waals surface area contributed by atoms with E-state index in [0.717, 1.165) is 61.2 Å². The molecule has 1 spiro atoms. The summed E-state index contributed by atoms with van der Waals surface area (Å²) >= 11 is 0. The molecular weight excluding hydrogens is 330 g/mol. The molecule has 6 nitrogen and oxygen atoms in total. The summed E-state index contributed by atoms with van der Waals surface area (Å²) in [6.07, 6.45) is 3.39. The van der Waals surface area contributed by atoms with Crippen molar-refractivity contribution >= 4 is 16.8 Å². The molecule has 0 radical (unpaired) electrons. The molecule has 0 aliphatic carbocycles. The molecule has 4 rings (SSSR count). The van der Waals surface area contributed by atoms with Gasteiger partial charge in [0.15, 0.2) is 0 Å². The Hall–Kier alpha value is -2.18. The first-order valence-corrected chi connectivity index (χ1v) is 9.17. The van der Waals surface area contributed by atoms with Crippen LogP contribution < -0.4 is 4.74 Å². The molecule has 1 aromatic carbocycles. The number of hydroxylamine groups is 2. The topological polar surface area (TPSA) is 54.9 Å². The SMILES string of the molecule is COc1cccc2ccc(CN3CCC4(CCC(=O)N4OC)CC3)nc12. The van der Waals surface area contributed by atoms with E-state index in [1.807, 2.05) is 12.1 Å². The molecule has 0 saturated carbocycles. The third kappa shape index (κ3) is 2.93. The van der Waals surface area contributed by atoms with Crippen molar-refractivity contribution in [3.8, 4) is 5.75 Å². The number of piperidine rings is 1. The van der Waals surface area contributed by atoms with Crippen molar-refractivity contribution in [3.05, 3.63) is 36.0 Å². The Morgan fingerprint density at radius 1 is 1.12 bits per heavy atom. The van der Waals surface area contributed by atoms with E-state index >= 15 is 0 Å². The third-order valence-electron chi connectivity index (χ3n) is 5.78.